The molecule has 0 unspecified atom stereocenters. The Morgan fingerprint density at radius 2 is 1.43 bits per heavy atom. The molecule has 146 valence electrons. The maximum atomic E-state index is 5.82. The summed E-state index contributed by atoms with van der Waals surface area (Å²) in [6.07, 6.45) is 2.24. The van der Waals surface area contributed by atoms with Gasteiger partial charge in [-0.25, -0.2) is 0 Å². The highest BCUT2D eigenvalue weighted by molar-refractivity contribution is 5.27. The first kappa shape index (κ1) is 20.1. The Morgan fingerprint density at radius 3 is 2.14 bits per heavy atom. The molecule has 0 atom stereocenters. The molecule has 0 radical (unpaired) electrons. The van der Waals surface area contributed by atoms with Gasteiger partial charge in [-0.05, 0) is 53.8 Å². The number of nitrogens with two attached hydrogens (primary N) is 1. The summed E-state index contributed by atoms with van der Waals surface area (Å²) in [6.45, 7) is 3.48. The minimum absolute atomic E-state index is 0.584. The SMILES string of the molecule is COc1ccc(CN(CCCc2ccccc2)Cc2cccc(CN)c2)cc1. The van der Waals surface area contributed by atoms with E-state index in [0.29, 0.717) is 6.54 Å². The molecule has 0 saturated carbocycles. The Morgan fingerprint density at radius 1 is 0.750 bits per heavy atom. The fourth-order valence-corrected chi connectivity index (χ4v) is 3.47. The number of ether oxygens (including phenoxy) is 1. The van der Waals surface area contributed by atoms with Crippen LogP contribution in [0.5, 0.6) is 5.75 Å². The Bertz CT molecular complexity index is 831. The van der Waals surface area contributed by atoms with Crippen LogP contribution in [0, 0.1) is 0 Å². The maximum Gasteiger partial charge on any atom is 0.118 e. The Kier molecular flexibility index (Phi) is 7.65. The van der Waals surface area contributed by atoms with Crippen LogP contribution in [0.1, 0.15) is 28.7 Å². The van der Waals surface area contributed by atoms with Crippen LogP contribution in [0.2, 0.25) is 0 Å². The highest BCUT2D eigenvalue weighted by Crippen LogP contribution is 2.16. The second-order valence-corrected chi connectivity index (χ2v) is 7.17. The fraction of sp³-hybridized carbons (Fsp3) is 0.280. The van der Waals surface area contributed by atoms with Gasteiger partial charge in [-0.15, -0.1) is 0 Å². The van der Waals surface area contributed by atoms with E-state index >= 15 is 0 Å². The third-order valence-corrected chi connectivity index (χ3v) is 4.98. The van der Waals surface area contributed by atoms with Gasteiger partial charge in [0.1, 0.15) is 5.75 Å². The van der Waals surface area contributed by atoms with Crippen LogP contribution in [-0.2, 0) is 26.1 Å². The summed E-state index contributed by atoms with van der Waals surface area (Å²) in [5, 5.41) is 0. The lowest BCUT2D eigenvalue weighted by atomic mass is 10.1. The monoisotopic (exact) mass is 374 g/mol. The van der Waals surface area contributed by atoms with Gasteiger partial charge in [0.25, 0.3) is 0 Å². The summed E-state index contributed by atoms with van der Waals surface area (Å²) in [5.74, 6) is 0.898. The van der Waals surface area contributed by atoms with Crippen molar-refractivity contribution in [2.75, 3.05) is 13.7 Å². The molecule has 0 amide bonds. The molecule has 3 aromatic carbocycles. The van der Waals surface area contributed by atoms with Crippen molar-refractivity contribution in [1.29, 1.82) is 0 Å². The minimum Gasteiger partial charge on any atom is -0.497 e. The number of rotatable bonds is 10. The molecule has 0 aliphatic heterocycles. The fourth-order valence-electron chi connectivity index (χ4n) is 3.47. The average Bonchev–Trinajstić information content (AvgIpc) is 2.75. The van der Waals surface area contributed by atoms with Crippen molar-refractivity contribution >= 4 is 0 Å². The summed E-state index contributed by atoms with van der Waals surface area (Å²) < 4.78 is 5.28. The molecule has 0 aliphatic rings. The van der Waals surface area contributed by atoms with Gasteiger partial charge in [0.2, 0.25) is 0 Å². The van der Waals surface area contributed by atoms with Crippen LogP contribution < -0.4 is 10.5 Å². The molecule has 0 saturated heterocycles. The molecule has 2 N–H and O–H groups in total. The number of benzene rings is 3. The number of methoxy groups -OCH3 is 1. The molecule has 0 bridgehead atoms. The molecule has 3 heteroatoms. The van der Waals surface area contributed by atoms with Crippen LogP contribution in [-0.4, -0.2) is 18.6 Å². The van der Waals surface area contributed by atoms with Crippen molar-refractivity contribution in [1.82, 2.24) is 4.90 Å². The summed E-state index contributed by atoms with van der Waals surface area (Å²) in [5.41, 5.74) is 11.0. The lowest BCUT2D eigenvalue weighted by Crippen LogP contribution is -2.24. The van der Waals surface area contributed by atoms with Crippen molar-refractivity contribution in [3.05, 3.63) is 101 Å². The highest BCUT2D eigenvalue weighted by atomic mass is 16.5. The quantitative estimate of drug-likeness (QED) is 0.554. The summed E-state index contributed by atoms with van der Waals surface area (Å²) in [4.78, 5) is 2.51. The normalized spacial score (nSPS) is 11.0. The van der Waals surface area contributed by atoms with E-state index in [9.17, 15) is 0 Å². The molecule has 0 fully saturated rings. The van der Waals surface area contributed by atoms with Gasteiger partial charge >= 0.3 is 0 Å². The van der Waals surface area contributed by atoms with E-state index in [1.807, 2.05) is 12.1 Å². The molecule has 28 heavy (non-hydrogen) atoms. The predicted octanol–water partition coefficient (Wildman–Crippen LogP) is 4.79. The van der Waals surface area contributed by atoms with Crippen molar-refractivity contribution in [2.24, 2.45) is 5.73 Å². The average molecular weight is 375 g/mol. The minimum atomic E-state index is 0.584. The zero-order valence-electron chi connectivity index (χ0n) is 16.7. The first-order valence-electron chi connectivity index (χ1n) is 9.94. The first-order valence-corrected chi connectivity index (χ1v) is 9.94. The molecule has 3 aromatic rings. The second-order valence-electron chi connectivity index (χ2n) is 7.17. The van der Waals surface area contributed by atoms with Gasteiger partial charge in [-0.1, -0.05) is 66.7 Å². The molecular weight excluding hydrogens is 344 g/mol. The maximum absolute atomic E-state index is 5.82. The zero-order chi connectivity index (χ0) is 19.6. The lowest BCUT2D eigenvalue weighted by molar-refractivity contribution is 0.253. The topological polar surface area (TPSA) is 38.5 Å². The molecule has 3 rings (SSSR count). The summed E-state index contributed by atoms with van der Waals surface area (Å²) >= 11 is 0. The van der Waals surface area contributed by atoms with Crippen molar-refractivity contribution in [3.8, 4) is 5.75 Å². The summed E-state index contributed by atoms with van der Waals surface area (Å²) in [6, 6.07) is 27.7. The van der Waals surface area contributed by atoms with E-state index in [-0.39, 0.29) is 0 Å². The van der Waals surface area contributed by atoms with Crippen LogP contribution in [0.25, 0.3) is 0 Å². The standard InChI is InChI=1S/C25H30N2O/c1-28-25-14-12-22(13-15-25)19-27(16-6-11-21-7-3-2-4-8-21)20-24-10-5-9-23(17-24)18-26/h2-5,7-10,12-15,17H,6,11,16,18-20,26H2,1H3. The number of nitrogens with zero attached hydrogens (tertiary/aromatic N) is 1. The van der Waals surface area contributed by atoms with E-state index in [1.54, 1.807) is 7.11 Å². The van der Waals surface area contributed by atoms with Gasteiger partial charge in [0.05, 0.1) is 7.11 Å². The van der Waals surface area contributed by atoms with E-state index in [1.165, 1.54) is 22.3 Å². The Hall–Kier alpha value is -2.62. The van der Waals surface area contributed by atoms with Gasteiger partial charge in [0.15, 0.2) is 0 Å². The molecule has 0 heterocycles. The van der Waals surface area contributed by atoms with E-state index in [4.69, 9.17) is 10.5 Å². The highest BCUT2D eigenvalue weighted by Gasteiger charge is 2.08. The molecule has 0 aromatic heterocycles. The Labute approximate surface area is 168 Å². The number of hydrogen-bond donors (Lipinski definition) is 1. The largest absolute Gasteiger partial charge is 0.497 e. The molecular formula is C25H30N2O. The molecule has 3 nitrogen and oxygen atoms in total. The van der Waals surface area contributed by atoms with Crippen molar-refractivity contribution in [2.45, 2.75) is 32.5 Å². The molecule has 0 aliphatic carbocycles. The third kappa shape index (κ3) is 6.22. The van der Waals surface area contributed by atoms with E-state index in [0.717, 1.165) is 38.2 Å². The van der Waals surface area contributed by atoms with Gasteiger partial charge in [-0.3, -0.25) is 4.90 Å². The van der Waals surface area contributed by atoms with Crippen LogP contribution in [0.3, 0.4) is 0 Å². The van der Waals surface area contributed by atoms with E-state index < -0.39 is 0 Å². The third-order valence-electron chi connectivity index (χ3n) is 4.98. The van der Waals surface area contributed by atoms with Gasteiger partial charge in [-0.2, -0.15) is 0 Å². The van der Waals surface area contributed by atoms with Gasteiger partial charge in [0, 0.05) is 19.6 Å². The number of aryl methyl sites for hydroxylation is 1. The van der Waals surface area contributed by atoms with Crippen LogP contribution >= 0.6 is 0 Å². The first-order chi connectivity index (χ1) is 13.8. The zero-order valence-corrected chi connectivity index (χ0v) is 16.7. The van der Waals surface area contributed by atoms with Gasteiger partial charge < -0.3 is 10.5 Å². The predicted molar refractivity (Wildman–Crippen MR) is 116 cm³/mol. The lowest BCUT2D eigenvalue weighted by Gasteiger charge is -2.23. The van der Waals surface area contributed by atoms with Crippen LogP contribution in [0.15, 0.2) is 78.9 Å². The van der Waals surface area contributed by atoms with Crippen LogP contribution in [0.4, 0.5) is 0 Å². The number of hydrogen-bond acceptors (Lipinski definition) is 3. The molecule has 0 spiro atoms. The smallest absolute Gasteiger partial charge is 0.118 e. The van der Waals surface area contributed by atoms with Crippen molar-refractivity contribution in [3.63, 3.8) is 0 Å². The van der Waals surface area contributed by atoms with Crippen molar-refractivity contribution < 1.29 is 4.74 Å². The Balaban J connectivity index is 1.66. The second kappa shape index (κ2) is 10.6. The van der Waals surface area contributed by atoms with E-state index in [2.05, 4.69) is 71.6 Å². The summed E-state index contributed by atoms with van der Waals surface area (Å²) in [7, 11) is 1.70.